The molecule has 0 radical (unpaired) electrons. The molecule has 0 bridgehead atoms. The number of fused-ring (bicyclic) bond motifs is 1. The second kappa shape index (κ2) is 3.89. The molecule has 2 aromatic rings. The highest BCUT2D eigenvalue weighted by Gasteiger charge is 2.20. The van der Waals surface area contributed by atoms with E-state index in [1.54, 1.807) is 23.7 Å². The first kappa shape index (κ1) is 11.1. The van der Waals surface area contributed by atoms with Gasteiger partial charge in [0.05, 0.1) is 17.6 Å². The fourth-order valence-corrected chi connectivity index (χ4v) is 1.87. The van der Waals surface area contributed by atoms with E-state index in [1.165, 1.54) is 19.4 Å². The highest BCUT2D eigenvalue weighted by Crippen LogP contribution is 2.29. The fourth-order valence-electron chi connectivity index (χ4n) is 1.87. The highest BCUT2D eigenvalue weighted by molar-refractivity contribution is 6.06. The minimum atomic E-state index is -0.504. The normalized spacial score (nSPS) is 10.5. The average Bonchev–Trinajstić information content (AvgIpc) is 2.66. The van der Waals surface area contributed by atoms with Crippen molar-refractivity contribution in [2.24, 2.45) is 7.05 Å². The van der Waals surface area contributed by atoms with E-state index in [-0.39, 0.29) is 5.69 Å². The van der Waals surface area contributed by atoms with Gasteiger partial charge in [-0.05, 0) is 0 Å². The molecular formula is C11H10N2O4. The summed E-state index contributed by atoms with van der Waals surface area (Å²) in [4.78, 5) is 21.9. The summed E-state index contributed by atoms with van der Waals surface area (Å²) >= 11 is 0. The predicted octanol–water partition coefficient (Wildman–Crippen LogP) is 1.87. The number of carbonyl (C=O) groups is 1. The summed E-state index contributed by atoms with van der Waals surface area (Å²) in [5, 5.41) is 11.4. The molecule has 0 aliphatic carbocycles. The van der Waals surface area contributed by atoms with E-state index in [9.17, 15) is 14.9 Å². The summed E-state index contributed by atoms with van der Waals surface area (Å²) in [6.07, 6.45) is 1.53. The number of aryl methyl sites for hydroxylation is 1. The predicted molar refractivity (Wildman–Crippen MR) is 60.9 cm³/mol. The molecular weight excluding hydrogens is 224 g/mol. The molecule has 0 aliphatic heterocycles. The van der Waals surface area contributed by atoms with Gasteiger partial charge in [0.25, 0.3) is 5.69 Å². The smallest absolute Gasteiger partial charge is 0.340 e. The number of hydrogen-bond acceptors (Lipinski definition) is 4. The zero-order chi connectivity index (χ0) is 12.6. The van der Waals surface area contributed by atoms with Crippen LogP contribution in [0.25, 0.3) is 10.9 Å². The van der Waals surface area contributed by atoms with Crippen LogP contribution in [-0.4, -0.2) is 22.6 Å². The van der Waals surface area contributed by atoms with Crippen molar-refractivity contribution in [2.75, 3.05) is 7.11 Å². The zero-order valence-corrected chi connectivity index (χ0v) is 9.34. The van der Waals surface area contributed by atoms with E-state index in [1.807, 2.05) is 0 Å². The molecule has 88 valence electrons. The van der Waals surface area contributed by atoms with Gasteiger partial charge in [0.1, 0.15) is 5.52 Å². The number of nitro groups is 1. The van der Waals surface area contributed by atoms with Crippen molar-refractivity contribution < 1.29 is 14.5 Å². The molecule has 0 spiro atoms. The Morgan fingerprint density at radius 2 is 2.18 bits per heavy atom. The van der Waals surface area contributed by atoms with Crippen LogP contribution in [0.3, 0.4) is 0 Å². The Labute approximate surface area is 96.6 Å². The van der Waals surface area contributed by atoms with E-state index in [2.05, 4.69) is 4.74 Å². The zero-order valence-electron chi connectivity index (χ0n) is 9.34. The van der Waals surface area contributed by atoms with Crippen molar-refractivity contribution in [1.82, 2.24) is 4.57 Å². The lowest BCUT2D eigenvalue weighted by molar-refractivity contribution is -0.383. The molecule has 0 atom stereocenters. The van der Waals surface area contributed by atoms with Gasteiger partial charge in [0.15, 0.2) is 0 Å². The van der Waals surface area contributed by atoms with E-state index in [0.29, 0.717) is 16.5 Å². The Bertz CT molecular complexity index is 615. The molecule has 1 aromatic carbocycles. The third kappa shape index (κ3) is 1.63. The maximum atomic E-state index is 11.5. The molecule has 0 unspecified atom stereocenters. The van der Waals surface area contributed by atoms with Crippen LogP contribution in [0.1, 0.15) is 10.4 Å². The fraction of sp³-hybridized carbons (Fsp3) is 0.182. The summed E-state index contributed by atoms with van der Waals surface area (Å²) < 4.78 is 6.19. The average molecular weight is 234 g/mol. The first-order chi connectivity index (χ1) is 8.06. The number of nitrogens with zero attached hydrogens (tertiary/aromatic N) is 2. The van der Waals surface area contributed by atoms with Crippen LogP contribution >= 0.6 is 0 Å². The summed E-state index contributed by atoms with van der Waals surface area (Å²) in [5.41, 5.74) is 0.715. The minimum Gasteiger partial charge on any atom is -0.465 e. The van der Waals surface area contributed by atoms with E-state index in [0.717, 1.165) is 0 Å². The maximum absolute atomic E-state index is 11.5. The van der Waals surface area contributed by atoms with Gasteiger partial charge in [0, 0.05) is 24.7 Å². The number of ether oxygens (including phenoxy) is 1. The molecule has 6 nitrogen and oxygen atoms in total. The van der Waals surface area contributed by atoms with Gasteiger partial charge in [-0.15, -0.1) is 0 Å². The molecule has 0 saturated heterocycles. The van der Waals surface area contributed by atoms with Crippen LogP contribution < -0.4 is 0 Å². The van der Waals surface area contributed by atoms with Crippen molar-refractivity contribution in [3.8, 4) is 0 Å². The number of carbonyl (C=O) groups excluding carboxylic acids is 1. The highest BCUT2D eigenvalue weighted by atomic mass is 16.6. The summed E-state index contributed by atoms with van der Waals surface area (Å²) in [7, 11) is 2.93. The van der Waals surface area contributed by atoms with Crippen LogP contribution in [0.15, 0.2) is 24.4 Å². The number of nitro benzene ring substituents is 1. The lowest BCUT2D eigenvalue weighted by Gasteiger charge is -1.98. The van der Waals surface area contributed by atoms with Gasteiger partial charge >= 0.3 is 5.97 Å². The molecule has 0 N–H and O–H groups in total. The lowest BCUT2D eigenvalue weighted by Crippen LogP contribution is -1.99. The van der Waals surface area contributed by atoms with Gasteiger partial charge in [-0.2, -0.15) is 0 Å². The molecule has 1 aromatic heterocycles. The molecule has 0 aliphatic rings. The van der Waals surface area contributed by atoms with Crippen LogP contribution in [-0.2, 0) is 11.8 Å². The number of rotatable bonds is 2. The molecule has 1 heterocycles. The van der Waals surface area contributed by atoms with Gasteiger partial charge in [-0.1, -0.05) is 12.1 Å². The third-order valence-corrected chi connectivity index (χ3v) is 2.58. The van der Waals surface area contributed by atoms with E-state index in [4.69, 9.17) is 0 Å². The molecule has 0 fully saturated rings. The number of aromatic nitrogens is 1. The molecule has 6 heteroatoms. The first-order valence-corrected chi connectivity index (χ1v) is 4.87. The maximum Gasteiger partial charge on any atom is 0.340 e. The number of non-ortho nitro benzene ring substituents is 1. The van der Waals surface area contributed by atoms with E-state index < -0.39 is 10.9 Å². The Hall–Kier alpha value is -2.37. The summed E-state index contributed by atoms with van der Waals surface area (Å²) in [5.74, 6) is -0.504. The van der Waals surface area contributed by atoms with Crippen molar-refractivity contribution >= 4 is 22.6 Å². The Morgan fingerprint density at radius 3 is 2.76 bits per heavy atom. The van der Waals surface area contributed by atoms with Crippen molar-refractivity contribution in [1.29, 1.82) is 0 Å². The standard InChI is InChI=1S/C11H10N2O4/c1-12-6-8(11(14)17-2)7-4-3-5-9(10(7)12)13(15)16/h3-6H,1-2H3. The Kier molecular flexibility index (Phi) is 2.55. The number of benzene rings is 1. The van der Waals surface area contributed by atoms with Crippen LogP contribution in [0.2, 0.25) is 0 Å². The molecule has 2 rings (SSSR count). The van der Waals surface area contributed by atoms with Crippen LogP contribution in [0.5, 0.6) is 0 Å². The van der Waals surface area contributed by atoms with Crippen molar-refractivity contribution in [3.05, 3.63) is 40.1 Å². The van der Waals surface area contributed by atoms with E-state index >= 15 is 0 Å². The minimum absolute atomic E-state index is 0.0276. The third-order valence-electron chi connectivity index (χ3n) is 2.58. The monoisotopic (exact) mass is 234 g/mol. The second-order valence-corrected chi connectivity index (χ2v) is 3.58. The van der Waals surface area contributed by atoms with Crippen molar-refractivity contribution in [3.63, 3.8) is 0 Å². The van der Waals surface area contributed by atoms with Crippen LogP contribution in [0, 0.1) is 10.1 Å². The quantitative estimate of drug-likeness (QED) is 0.451. The second-order valence-electron chi connectivity index (χ2n) is 3.58. The van der Waals surface area contributed by atoms with Gasteiger partial charge in [-0.25, -0.2) is 4.79 Å². The first-order valence-electron chi connectivity index (χ1n) is 4.87. The largest absolute Gasteiger partial charge is 0.465 e. The lowest BCUT2D eigenvalue weighted by atomic mass is 10.1. The van der Waals surface area contributed by atoms with Gasteiger partial charge in [-0.3, -0.25) is 10.1 Å². The molecule has 0 saturated carbocycles. The van der Waals surface area contributed by atoms with Gasteiger partial charge < -0.3 is 9.30 Å². The van der Waals surface area contributed by atoms with Crippen LogP contribution in [0.4, 0.5) is 5.69 Å². The number of methoxy groups -OCH3 is 1. The SMILES string of the molecule is COC(=O)c1cn(C)c2c([N+](=O)[O-])cccc12. The summed E-state index contributed by atoms with van der Waals surface area (Å²) in [6, 6.07) is 4.62. The number of esters is 1. The summed E-state index contributed by atoms with van der Waals surface area (Å²) in [6.45, 7) is 0. The number of para-hydroxylation sites is 1. The Morgan fingerprint density at radius 1 is 1.47 bits per heavy atom. The van der Waals surface area contributed by atoms with Crippen molar-refractivity contribution in [2.45, 2.75) is 0 Å². The number of hydrogen-bond donors (Lipinski definition) is 0. The molecule has 17 heavy (non-hydrogen) atoms. The molecule has 0 amide bonds. The topological polar surface area (TPSA) is 74.4 Å². The van der Waals surface area contributed by atoms with Gasteiger partial charge in [0.2, 0.25) is 0 Å². The Balaban J connectivity index is 2.81.